The third-order valence-corrected chi connectivity index (χ3v) is 2.91. The Hall–Kier alpha value is -2.76. The fourth-order valence-electron chi connectivity index (χ4n) is 1.83. The Morgan fingerprint density at radius 2 is 1.95 bits per heavy atom. The van der Waals surface area contributed by atoms with Gasteiger partial charge in [-0.05, 0) is 35.9 Å². The second kappa shape index (κ2) is 6.13. The fraction of sp³-hybridized carbons (Fsp3) is 0.133. The number of halogens is 1. The van der Waals surface area contributed by atoms with Crippen molar-refractivity contribution in [1.82, 2.24) is 0 Å². The van der Waals surface area contributed by atoms with Crippen LogP contribution in [0.1, 0.15) is 15.9 Å². The van der Waals surface area contributed by atoms with Crippen LogP contribution in [0.2, 0.25) is 0 Å². The summed E-state index contributed by atoms with van der Waals surface area (Å²) in [7, 11) is 1.24. The molecule has 2 aromatic carbocycles. The number of rotatable bonds is 4. The first-order valence-electron chi connectivity index (χ1n) is 6.14. The van der Waals surface area contributed by atoms with E-state index in [1.165, 1.54) is 37.4 Å². The summed E-state index contributed by atoms with van der Waals surface area (Å²) >= 11 is 0. The first kappa shape index (κ1) is 14.6. The lowest BCUT2D eigenvalue weighted by Crippen LogP contribution is -2.08. The number of benzene rings is 2. The van der Waals surface area contributed by atoms with E-state index in [0.717, 1.165) is 0 Å². The van der Waals surface area contributed by atoms with Gasteiger partial charge in [-0.15, -0.1) is 0 Å². The Labute approximate surface area is 120 Å². The summed E-state index contributed by atoms with van der Waals surface area (Å²) in [6.07, 6.45) is 0. The summed E-state index contributed by atoms with van der Waals surface area (Å²) in [6.45, 7) is 0.237. The van der Waals surface area contributed by atoms with Gasteiger partial charge in [-0.2, -0.15) is 0 Å². The minimum atomic E-state index is -0.578. The number of carbonyl (C=O) groups is 1. The highest BCUT2D eigenvalue weighted by Gasteiger charge is 2.12. The summed E-state index contributed by atoms with van der Waals surface area (Å²) in [6, 6.07) is 8.01. The number of ether oxygens (including phenoxy) is 1. The molecule has 5 nitrogen and oxygen atoms in total. The Balaban J connectivity index is 2.20. The maximum Gasteiger partial charge on any atom is 0.339 e. The van der Waals surface area contributed by atoms with Crippen LogP contribution in [0.15, 0.2) is 36.4 Å². The normalized spacial score (nSPS) is 10.2. The van der Waals surface area contributed by atoms with Gasteiger partial charge in [-0.3, -0.25) is 0 Å². The van der Waals surface area contributed by atoms with Crippen molar-refractivity contribution in [3.8, 4) is 11.5 Å². The average Bonchev–Trinajstić information content (AvgIpc) is 2.48. The molecule has 0 spiro atoms. The van der Waals surface area contributed by atoms with Crippen LogP contribution in [-0.2, 0) is 11.3 Å². The molecule has 0 saturated carbocycles. The number of phenolic OH excluding ortho intramolecular Hbond substituents is 2. The van der Waals surface area contributed by atoms with Crippen LogP contribution < -0.4 is 5.32 Å². The van der Waals surface area contributed by atoms with Crippen molar-refractivity contribution in [3.05, 3.63) is 53.3 Å². The number of phenols is 2. The van der Waals surface area contributed by atoms with Gasteiger partial charge in [-0.1, -0.05) is 6.07 Å². The smallest absolute Gasteiger partial charge is 0.339 e. The molecule has 0 atom stereocenters. The Kier molecular flexibility index (Phi) is 4.27. The molecule has 3 N–H and O–H groups in total. The molecule has 0 aromatic heterocycles. The summed E-state index contributed by atoms with van der Waals surface area (Å²) in [5.74, 6) is -1.54. The van der Waals surface area contributed by atoms with Crippen molar-refractivity contribution in [2.24, 2.45) is 0 Å². The largest absolute Gasteiger partial charge is 0.504 e. The fourth-order valence-corrected chi connectivity index (χ4v) is 1.83. The van der Waals surface area contributed by atoms with Gasteiger partial charge in [-0.25, -0.2) is 9.18 Å². The van der Waals surface area contributed by atoms with Crippen molar-refractivity contribution in [2.45, 2.75) is 6.54 Å². The van der Waals surface area contributed by atoms with E-state index >= 15 is 0 Å². The van der Waals surface area contributed by atoms with Gasteiger partial charge in [0.15, 0.2) is 11.5 Å². The molecule has 0 aliphatic heterocycles. The van der Waals surface area contributed by atoms with Crippen LogP contribution in [-0.4, -0.2) is 23.3 Å². The van der Waals surface area contributed by atoms with Gasteiger partial charge in [0.05, 0.1) is 18.4 Å². The first-order valence-corrected chi connectivity index (χ1v) is 6.14. The number of esters is 1. The van der Waals surface area contributed by atoms with Gasteiger partial charge < -0.3 is 20.3 Å². The Morgan fingerprint density at radius 3 is 2.62 bits per heavy atom. The lowest BCUT2D eigenvalue weighted by Gasteiger charge is -2.11. The molecule has 0 bridgehead atoms. The summed E-state index contributed by atoms with van der Waals surface area (Å²) in [4.78, 5) is 11.6. The van der Waals surface area contributed by atoms with Gasteiger partial charge in [0.2, 0.25) is 0 Å². The number of carbonyl (C=O) groups excluding carboxylic acids is 1. The third-order valence-electron chi connectivity index (χ3n) is 2.91. The van der Waals surface area contributed by atoms with Gasteiger partial charge >= 0.3 is 5.97 Å². The summed E-state index contributed by atoms with van der Waals surface area (Å²) in [5, 5.41) is 21.5. The predicted molar refractivity (Wildman–Crippen MR) is 74.8 cm³/mol. The highest BCUT2D eigenvalue weighted by atomic mass is 19.1. The maximum atomic E-state index is 13.3. The van der Waals surface area contributed by atoms with Gasteiger partial charge in [0, 0.05) is 6.54 Å². The topological polar surface area (TPSA) is 78.8 Å². The number of anilines is 1. The lowest BCUT2D eigenvalue weighted by atomic mass is 10.1. The van der Waals surface area contributed by atoms with E-state index in [2.05, 4.69) is 10.1 Å². The molecule has 0 heterocycles. The summed E-state index contributed by atoms with van der Waals surface area (Å²) < 4.78 is 17.9. The molecule has 2 rings (SSSR count). The molecule has 0 amide bonds. The molecule has 0 fully saturated rings. The number of hydrogen-bond donors (Lipinski definition) is 3. The van der Waals surface area contributed by atoms with Gasteiger partial charge in [0.25, 0.3) is 0 Å². The van der Waals surface area contributed by atoms with Crippen LogP contribution in [0.4, 0.5) is 10.1 Å². The van der Waals surface area contributed by atoms with Crippen LogP contribution >= 0.6 is 0 Å². The zero-order valence-corrected chi connectivity index (χ0v) is 11.3. The number of aromatic hydroxyl groups is 2. The lowest BCUT2D eigenvalue weighted by molar-refractivity contribution is 0.0601. The zero-order valence-electron chi connectivity index (χ0n) is 11.3. The molecule has 0 saturated heterocycles. The van der Waals surface area contributed by atoms with E-state index in [1.54, 1.807) is 6.07 Å². The molecule has 0 aliphatic carbocycles. The zero-order chi connectivity index (χ0) is 15.4. The van der Waals surface area contributed by atoms with Crippen LogP contribution in [0.3, 0.4) is 0 Å². The molecular weight excluding hydrogens is 277 g/mol. The highest BCUT2D eigenvalue weighted by molar-refractivity contribution is 5.95. The number of hydrogen-bond acceptors (Lipinski definition) is 5. The minimum Gasteiger partial charge on any atom is -0.504 e. The van der Waals surface area contributed by atoms with Crippen LogP contribution in [0.5, 0.6) is 11.5 Å². The molecule has 6 heteroatoms. The summed E-state index contributed by atoms with van der Waals surface area (Å²) in [5.41, 5.74) is 1.15. The van der Waals surface area contributed by atoms with E-state index in [-0.39, 0.29) is 29.3 Å². The van der Waals surface area contributed by atoms with Crippen molar-refractivity contribution >= 4 is 11.7 Å². The molecule has 0 unspecified atom stereocenters. The molecule has 2 aromatic rings. The SMILES string of the molecule is COC(=O)c1ccc(F)cc1NCc1ccc(O)c(O)c1. The van der Waals surface area contributed by atoms with Crippen molar-refractivity contribution in [2.75, 3.05) is 12.4 Å². The Morgan fingerprint density at radius 1 is 1.19 bits per heavy atom. The van der Waals surface area contributed by atoms with E-state index in [0.29, 0.717) is 5.56 Å². The second-order valence-electron chi connectivity index (χ2n) is 4.36. The van der Waals surface area contributed by atoms with E-state index in [9.17, 15) is 19.4 Å². The average molecular weight is 291 g/mol. The van der Waals surface area contributed by atoms with Crippen LogP contribution in [0.25, 0.3) is 0 Å². The molecule has 0 aliphatic rings. The predicted octanol–water partition coefficient (Wildman–Crippen LogP) is 2.64. The monoisotopic (exact) mass is 291 g/mol. The minimum absolute atomic E-state index is 0.210. The van der Waals surface area contributed by atoms with Crippen molar-refractivity contribution < 1.29 is 24.1 Å². The molecule has 21 heavy (non-hydrogen) atoms. The maximum absolute atomic E-state index is 13.3. The number of methoxy groups -OCH3 is 1. The standard InChI is InChI=1S/C15H14FNO4/c1-21-15(20)11-4-3-10(16)7-12(11)17-8-9-2-5-13(18)14(19)6-9/h2-7,17-19H,8H2,1H3. The molecule has 110 valence electrons. The second-order valence-corrected chi connectivity index (χ2v) is 4.36. The highest BCUT2D eigenvalue weighted by Crippen LogP contribution is 2.26. The molecular formula is C15H14FNO4. The van der Waals surface area contributed by atoms with Crippen molar-refractivity contribution in [3.63, 3.8) is 0 Å². The van der Waals surface area contributed by atoms with Crippen molar-refractivity contribution in [1.29, 1.82) is 0 Å². The molecule has 0 radical (unpaired) electrons. The quantitative estimate of drug-likeness (QED) is 0.596. The van der Waals surface area contributed by atoms with E-state index in [1.807, 2.05) is 0 Å². The number of nitrogens with one attached hydrogen (secondary N) is 1. The first-order chi connectivity index (χ1) is 10.0. The van der Waals surface area contributed by atoms with E-state index in [4.69, 9.17) is 0 Å². The van der Waals surface area contributed by atoms with E-state index < -0.39 is 11.8 Å². The Bertz CT molecular complexity index is 673. The third kappa shape index (κ3) is 3.42. The van der Waals surface area contributed by atoms with Gasteiger partial charge in [0.1, 0.15) is 5.82 Å². The van der Waals surface area contributed by atoms with Crippen LogP contribution in [0, 0.1) is 5.82 Å².